The molecule has 0 saturated carbocycles. The summed E-state index contributed by atoms with van der Waals surface area (Å²) in [7, 11) is 0. The predicted octanol–water partition coefficient (Wildman–Crippen LogP) is 4.32. The second-order valence-corrected chi connectivity index (χ2v) is 10.9. The van der Waals surface area contributed by atoms with Crippen molar-refractivity contribution in [2.24, 2.45) is 0 Å². The zero-order valence-electron chi connectivity index (χ0n) is 22.4. The van der Waals surface area contributed by atoms with Crippen LogP contribution in [0.25, 0.3) is 0 Å². The van der Waals surface area contributed by atoms with Gasteiger partial charge < -0.3 is 33.9 Å². The molecule has 2 saturated heterocycles. The van der Waals surface area contributed by atoms with Crippen LogP contribution in [-0.2, 0) is 27.5 Å². The molecule has 2 atom stereocenters. The van der Waals surface area contributed by atoms with E-state index in [4.69, 9.17) is 18.9 Å². The molecular formula is C31H38N2O6. The summed E-state index contributed by atoms with van der Waals surface area (Å²) in [4.78, 5) is 18.2. The number of benzene rings is 2. The lowest BCUT2D eigenvalue weighted by molar-refractivity contribution is -0.157. The number of carbonyl (C=O) groups excluding carboxylic acids is 1. The number of allylic oxidation sites excluding steroid dienone is 1. The second kappa shape index (κ2) is 12.0. The molecule has 208 valence electrons. The summed E-state index contributed by atoms with van der Waals surface area (Å²) >= 11 is 0. The second-order valence-electron chi connectivity index (χ2n) is 10.9. The van der Waals surface area contributed by atoms with Crippen LogP contribution in [0.15, 0.2) is 54.3 Å². The number of amides is 1. The molecule has 0 spiro atoms. The number of carbonyl (C=O) groups is 1. The zero-order valence-corrected chi connectivity index (χ0v) is 22.4. The van der Waals surface area contributed by atoms with E-state index in [2.05, 4.69) is 4.90 Å². The van der Waals surface area contributed by atoms with Crippen LogP contribution >= 0.6 is 0 Å². The van der Waals surface area contributed by atoms with Gasteiger partial charge in [0.15, 0.2) is 17.3 Å². The van der Waals surface area contributed by atoms with Crippen LogP contribution in [0.3, 0.4) is 0 Å². The first-order valence-electron chi connectivity index (χ1n) is 14.3. The highest BCUT2D eigenvalue weighted by Crippen LogP contribution is 2.39. The molecule has 0 aromatic heterocycles. The number of aliphatic hydroxyl groups excluding tert-OH is 1. The monoisotopic (exact) mass is 534 g/mol. The third kappa shape index (κ3) is 6.08. The standard InChI is InChI=1S/C31H38N2O6/c34-19-22-4-6-23(7-5-22)20-36-30-18-25(24-8-9-27-28(16-24)38-21-37-27)17-29(39-30)31(35)33-14-10-26(11-15-33)32-12-2-1-3-13-32/h4-9,16-17,25-26,30,34H,1-3,10-15,18-21H2/t25-,30+/m1/s1. The smallest absolute Gasteiger partial charge is 0.288 e. The number of ether oxygens (including phenoxy) is 4. The quantitative estimate of drug-likeness (QED) is 0.567. The number of piperidine rings is 2. The average Bonchev–Trinajstić information content (AvgIpc) is 3.48. The average molecular weight is 535 g/mol. The van der Waals surface area contributed by atoms with E-state index in [0.29, 0.717) is 24.8 Å². The number of hydrogen-bond acceptors (Lipinski definition) is 7. The van der Waals surface area contributed by atoms with E-state index in [-0.39, 0.29) is 25.2 Å². The topological polar surface area (TPSA) is 80.7 Å². The molecule has 0 aliphatic carbocycles. The number of fused-ring (bicyclic) bond motifs is 1. The number of rotatable bonds is 7. The van der Waals surface area contributed by atoms with E-state index in [0.717, 1.165) is 54.1 Å². The van der Waals surface area contributed by atoms with Crippen molar-refractivity contribution in [3.05, 3.63) is 71.0 Å². The van der Waals surface area contributed by atoms with Crippen LogP contribution in [-0.4, -0.2) is 66.1 Å². The van der Waals surface area contributed by atoms with Gasteiger partial charge in [-0.25, -0.2) is 0 Å². The first-order chi connectivity index (χ1) is 19.2. The maximum atomic E-state index is 13.7. The van der Waals surface area contributed by atoms with Gasteiger partial charge in [-0.2, -0.15) is 0 Å². The van der Waals surface area contributed by atoms with Crippen molar-refractivity contribution in [2.45, 2.75) is 70.0 Å². The molecule has 0 unspecified atom stereocenters. The molecule has 39 heavy (non-hydrogen) atoms. The maximum Gasteiger partial charge on any atom is 0.288 e. The fraction of sp³-hybridized carbons (Fsp3) is 0.516. The molecule has 1 N–H and O–H groups in total. The van der Waals surface area contributed by atoms with Gasteiger partial charge in [0.05, 0.1) is 13.2 Å². The Morgan fingerprint density at radius 2 is 1.67 bits per heavy atom. The summed E-state index contributed by atoms with van der Waals surface area (Å²) in [5.41, 5.74) is 2.88. The summed E-state index contributed by atoms with van der Waals surface area (Å²) in [5.74, 6) is 1.71. The third-order valence-corrected chi connectivity index (χ3v) is 8.39. The van der Waals surface area contributed by atoms with E-state index in [1.807, 2.05) is 53.4 Å². The van der Waals surface area contributed by atoms with Gasteiger partial charge in [-0.3, -0.25) is 4.79 Å². The third-order valence-electron chi connectivity index (χ3n) is 8.39. The first kappa shape index (κ1) is 26.2. The minimum absolute atomic E-state index is 0.00955. The van der Waals surface area contributed by atoms with Crippen molar-refractivity contribution in [3.8, 4) is 11.5 Å². The largest absolute Gasteiger partial charge is 0.459 e. The van der Waals surface area contributed by atoms with Crippen molar-refractivity contribution in [3.63, 3.8) is 0 Å². The summed E-state index contributed by atoms with van der Waals surface area (Å²) in [5, 5.41) is 9.31. The van der Waals surface area contributed by atoms with Gasteiger partial charge in [0.2, 0.25) is 13.1 Å². The minimum atomic E-state index is -0.562. The Labute approximate surface area is 230 Å². The van der Waals surface area contributed by atoms with Gasteiger partial charge in [-0.15, -0.1) is 0 Å². The lowest BCUT2D eigenvalue weighted by atomic mass is 9.92. The summed E-state index contributed by atoms with van der Waals surface area (Å²) < 4.78 is 23.5. The van der Waals surface area contributed by atoms with Crippen molar-refractivity contribution in [1.82, 2.24) is 9.80 Å². The molecule has 6 rings (SSSR count). The van der Waals surface area contributed by atoms with E-state index in [1.165, 1.54) is 32.4 Å². The molecular weight excluding hydrogens is 496 g/mol. The minimum Gasteiger partial charge on any atom is -0.459 e. The van der Waals surface area contributed by atoms with Gasteiger partial charge in [0.25, 0.3) is 5.91 Å². The summed E-state index contributed by atoms with van der Waals surface area (Å²) in [6.45, 7) is 4.46. The van der Waals surface area contributed by atoms with Crippen LogP contribution in [0.2, 0.25) is 0 Å². The van der Waals surface area contributed by atoms with E-state index < -0.39 is 6.29 Å². The van der Waals surface area contributed by atoms with Crippen LogP contribution in [0.1, 0.15) is 61.1 Å². The molecule has 4 heterocycles. The number of hydrogen-bond donors (Lipinski definition) is 1. The highest BCUT2D eigenvalue weighted by Gasteiger charge is 2.34. The molecule has 8 heteroatoms. The molecule has 0 bridgehead atoms. The van der Waals surface area contributed by atoms with Crippen LogP contribution in [0.5, 0.6) is 11.5 Å². The highest BCUT2D eigenvalue weighted by molar-refractivity contribution is 5.92. The van der Waals surface area contributed by atoms with Crippen LogP contribution < -0.4 is 9.47 Å². The fourth-order valence-corrected chi connectivity index (χ4v) is 6.09. The molecule has 1 amide bonds. The molecule has 0 radical (unpaired) electrons. The zero-order chi connectivity index (χ0) is 26.6. The Hall–Kier alpha value is -3.07. The lowest BCUT2D eigenvalue weighted by Gasteiger charge is -2.40. The van der Waals surface area contributed by atoms with Gasteiger partial charge in [-0.1, -0.05) is 36.8 Å². The highest BCUT2D eigenvalue weighted by atomic mass is 16.7. The van der Waals surface area contributed by atoms with Crippen LogP contribution in [0.4, 0.5) is 0 Å². The van der Waals surface area contributed by atoms with Crippen molar-refractivity contribution in [1.29, 1.82) is 0 Å². The van der Waals surface area contributed by atoms with E-state index >= 15 is 0 Å². The Bertz CT molecular complexity index is 1170. The summed E-state index contributed by atoms with van der Waals surface area (Å²) in [6.07, 6.45) is 7.90. The van der Waals surface area contributed by atoms with Crippen molar-refractivity contribution >= 4 is 5.91 Å². The number of nitrogens with zero attached hydrogens (tertiary/aromatic N) is 2. The molecule has 4 aliphatic rings. The maximum absolute atomic E-state index is 13.7. The van der Waals surface area contributed by atoms with Gasteiger partial charge in [0, 0.05) is 31.5 Å². The van der Waals surface area contributed by atoms with E-state index in [1.54, 1.807) is 0 Å². The molecule has 2 aromatic carbocycles. The van der Waals surface area contributed by atoms with E-state index in [9.17, 15) is 9.90 Å². The van der Waals surface area contributed by atoms with Gasteiger partial charge in [-0.05, 0) is 73.7 Å². The normalized spacial score (nSPS) is 23.8. The predicted molar refractivity (Wildman–Crippen MR) is 145 cm³/mol. The lowest BCUT2D eigenvalue weighted by Crippen LogP contribution is -2.49. The number of likely N-dealkylation sites (tertiary alicyclic amines) is 2. The molecule has 8 nitrogen and oxygen atoms in total. The van der Waals surface area contributed by atoms with Gasteiger partial charge >= 0.3 is 0 Å². The molecule has 4 aliphatic heterocycles. The fourth-order valence-electron chi connectivity index (χ4n) is 6.09. The molecule has 2 fully saturated rings. The Morgan fingerprint density at radius 3 is 2.44 bits per heavy atom. The van der Waals surface area contributed by atoms with Crippen LogP contribution in [0, 0.1) is 0 Å². The Kier molecular flexibility index (Phi) is 8.04. The van der Waals surface area contributed by atoms with Crippen molar-refractivity contribution < 1.29 is 28.8 Å². The Morgan fingerprint density at radius 1 is 0.923 bits per heavy atom. The van der Waals surface area contributed by atoms with Gasteiger partial charge in [0.1, 0.15) is 0 Å². The first-order valence-corrected chi connectivity index (χ1v) is 14.3. The molecule has 2 aromatic rings. The SMILES string of the molecule is O=C(C1=C[C@@H](c2ccc3c(c2)OCO3)C[C@@H](OCc2ccc(CO)cc2)O1)N1CCC(N2CCCCC2)CC1. The number of aliphatic hydroxyl groups is 1. The summed E-state index contributed by atoms with van der Waals surface area (Å²) in [6, 6.07) is 14.2. The van der Waals surface area contributed by atoms with Crippen molar-refractivity contribution in [2.75, 3.05) is 33.0 Å². The Balaban J connectivity index is 1.15.